The van der Waals surface area contributed by atoms with Crippen LogP contribution in [-0.4, -0.2) is 61.0 Å². The smallest absolute Gasteiger partial charge is 0.396 e. The van der Waals surface area contributed by atoms with Crippen LogP contribution in [-0.2, 0) is 10.1 Å². The molecule has 4 nitrogen and oxygen atoms in total. The monoisotopic (exact) mass is 407 g/mol. The lowest BCUT2D eigenvalue weighted by atomic mass is 10.2. The molecule has 0 amide bonds. The lowest BCUT2D eigenvalue weighted by Gasteiger charge is -2.34. The van der Waals surface area contributed by atoms with E-state index in [1.807, 2.05) is 0 Å². The zero-order chi connectivity index (χ0) is 20.7. The van der Waals surface area contributed by atoms with Crippen molar-refractivity contribution in [2.24, 2.45) is 0 Å². The molecule has 0 heterocycles. The van der Waals surface area contributed by atoms with Crippen LogP contribution in [0.3, 0.4) is 0 Å². The van der Waals surface area contributed by atoms with Gasteiger partial charge in [0.05, 0.1) is 26.2 Å². The molecular formula is C13H24F7NO3S. The van der Waals surface area contributed by atoms with Crippen LogP contribution in [0.2, 0.25) is 0 Å². The Morgan fingerprint density at radius 1 is 0.760 bits per heavy atom. The Morgan fingerprint density at radius 2 is 1.08 bits per heavy atom. The molecule has 0 aliphatic carbocycles. The van der Waals surface area contributed by atoms with Gasteiger partial charge in [-0.2, -0.15) is 30.7 Å². The Labute approximate surface area is 143 Å². The predicted molar refractivity (Wildman–Crippen MR) is 77.3 cm³/mol. The van der Waals surface area contributed by atoms with E-state index in [2.05, 4.69) is 27.7 Å². The van der Waals surface area contributed by atoms with E-state index in [0.29, 0.717) is 0 Å². The average molecular weight is 407 g/mol. The van der Waals surface area contributed by atoms with Crippen molar-refractivity contribution in [2.45, 2.75) is 57.9 Å². The Hall–Kier alpha value is -0.620. The summed E-state index contributed by atoms with van der Waals surface area (Å²) in [5.41, 5.74) is 0. The van der Waals surface area contributed by atoms with E-state index in [1.165, 1.54) is 30.7 Å². The van der Waals surface area contributed by atoms with Gasteiger partial charge >= 0.3 is 17.4 Å². The fourth-order valence-electron chi connectivity index (χ4n) is 1.97. The molecular weight excluding hydrogens is 383 g/mol. The maximum atomic E-state index is 12.4. The molecule has 0 aromatic heterocycles. The highest BCUT2D eigenvalue weighted by atomic mass is 32.2. The van der Waals surface area contributed by atoms with Gasteiger partial charge in [0.25, 0.3) is 0 Å². The number of hydrogen-bond acceptors (Lipinski definition) is 3. The van der Waals surface area contributed by atoms with Gasteiger partial charge < -0.3 is 9.04 Å². The molecule has 0 aliphatic rings. The summed E-state index contributed by atoms with van der Waals surface area (Å²) in [7, 11) is -6.73. The van der Waals surface area contributed by atoms with E-state index < -0.39 is 40.3 Å². The molecule has 0 aromatic carbocycles. The van der Waals surface area contributed by atoms with Crippen molar-refractivity contribution in [3.05, 3.63) is 0 Å². The second kappa shape index (κ2) is 9.36. The van der Waals surface area contributed by atoms with Gasteiger partial charge in [-0.15, -0.1) is 0 Å². The van der Waals surface area contributed by atoms with Crippen LogP contribution in [0.5, 0.6) is 0 Å². The first kappa shape index (κ1) is 26.6. The molecule has 0 N–H and O–H groups in total. The highest BCUT2D eigenvalue weighted by Crippen LogP contribution is 2.43. The van der Waals surface area contributed by atoms with Gasteiger partial charge in [-0.25, -0.2) is 8.42 Å². The van der Waals surface area contributed by atoms with Crippen LogP contribution in [0.25, 0.3) is 0 Å². The van der Waals surface area contributed by atoms with E-state index >= 15 is 0 Å². The highest BCUT2D eigenvalue weighted by Gasteiger charge is 2.61. The summed E-state index contributed by atoms with van der Waals surface area (Å²) in [6.45, 7) is 14.2. The minimum Gasteiger partial charge on any atom is -0.743 e. The Kier molecular flexibility index (Phi) is 9.96. The first-order chi connectivity index (χ1) is 10.9. The van der Waals surface area contributed by atoms with Crippen LogP contribution in [0, 0.1) is 0 Å². The van der Waals surface area contributed by atoms with Gasteiger partial charge in [-0.1, -0.05) is 0 Å². The molecule has 0 spiro atoms. The van der Waals surface area contributed by atoms with Gasteiger partial charge in [0, 0.05) is 12.8 Å². The van der Waals surface area contributed by atoms with E-state index in [-0.39, 0.29) is 0 Å². The van der Waals surface area contributed by atoms with E-state index in [1.54, 1.807) is 0 Å². The first-order valence-electron chi connectivity index (χ1n) is 7.58. The van der Waals surface area contributed by atoms with Gasteiger partial charge in [-0.3, -0.25) is 0 Å². The fraction of sp³-hybridized carbons (Fsp3) is 1.00. The number of hydrogen-bond donors (Lipinski definition) is 0. The van der Waals surface area contributed by atoms with Crippen molar-refractivity contribution in [1.82, 2.24) is 0 Å². The Morgan fingerprint density at radius 3 is 1.24 bits per heavy atom. The van der Waals surface area contributed by atoms with Gasteiger partial charge in [0.2, 0.25) is 0 Å². The SMILES string of the molecule is CC[N+](CC)(CC)CC.O=S(=O)([O-])C(F)(F)C(F)(F)CCC(F)(F)F. The Balaban J connectivity index is 0. The molecule has 0 saturated heterocycles. The lowest BCUT2D eigenvalue weighted by molar-refractivity contribution is -0.921. The summed E-state index contributed by atoms with van der Waals surface area (Å²) in [6.07, 6.45) is -9.97. The number of alkyl halides is 7. The third-order valence-corrected chi connectivity index (χ3v) is 5.07. The normalized spacial score (nSPS) is 14.1. The average Bonchev–Trinajstić information content (AvgIpc) is 2.47. The van der Waals surface area contributed by atoms with E-state index in [0.717, 1.165) is 0 Å². The molecule has 12 heteroatoms. The highest BCUT2D eigenvalue weighted by molar-refractivity contribution is 7.86. The molecule has 0 bridgehead atoms. The van der Waals surface area contributed by atoms with Crippen LogP contribution < -0.4 is 0 Å². The molecule has 0 radical (unpaired) electrons. The lowest BCUT2D eigenvalue weighted by Crippen LogP contribution is -2.47. The molecule has 0 aliphatic heterocycles. The fourth-order valence-corrected chi connectivity index (χ4v) is 2.44. The predicted octanol–water partition coefficient (Wildman–Crippen LogP) is 3.99. The van der Waals surface area contributed by atoms with Crippen LogP contribution in [0.15, 0.2) is 0 Å². The molecule has 0 aromatic rings. The third-order valence-electron chi connectivity index (χ3n) is 4.15. The van der Waals surface area contributed by atoms with Crippen molar-refractivity contribution in [2.75, 3.05) is 26.2 Å². The van der Waals surface area contributed by atoms with Crippen molar-refractivity contribution in [1.29, 1.82) is 0 Å². The maximum Gasteiger partial charge on any atom is 0.396 e. The molecule has 0 saturated carbocycles. The van der Waals surface area contributed by atoms with Gasteiger partial charge in [0.15, 0.2) is 10.1 Å². The van der Waals surface area contributed by atoms with Crippen LogP contribution in [0.1, 0.15) is 40.5 Å². The summed E-state index contributed by atoms with van der Waals surface area (Å²) in [5.74, 6) is -5.57. The largest absolute Gasteiger partial charge is 0.743 e. The van der Waals surface area contributed by atoms with E-state index in [9.17, 15) is 43.7 Å². The number of nitrogens with zero attached hydrogens (tertiary/aromatic N) is 1. The molecule has 0 atom stereocenters. The number of halogens is 7. The standard InChI is InChI=1S/C8H20N.C5H5F7O3S/c1-5-9(6-2,7-3)8-4;6-3(7,1-2-4(8,9)10)5(11,12)16(13,14)15/h5-8H2,1-4H3;1-2H2,(H,13,14,15)/q+1;/p-1. The second-order valence-electron chi connectivity index (χ2n) is 5.40. The molecule has 0 rings (SSSR count). The zero-order valence-electron chi connectivity index (χ0n) is 14.5. The summed E-state index contributed by atoms with van der Waals surface area (Å²) in [5, 5.41) is -6.06. The maximum absolute atomic E-state index is 12.4. The summed E-state index contributed by atoms with van der Waals surface area (Å²) < 4.78 is 114. The van der Waals surface area contributed by atoms with Gasteiger partial charge in [-0.05, 0) is 27.7 Å². The minimum absolute atomic E-state index is 1.28. The summed E-state index contributed by atoms with van der Waals surface area (Å²) in [6, 6.07) is 0. The van der Waals surface area contributed by atoms with Crippen molar-refractivity contribution < 1.29 is 48.2 Å². The quantitative estimate of drug-likeness (QED) is 0.347. The van der Waals surface area contributed by atoms with E-state index in [4.69, 9.17) is 0 Å². The summed E-state index contributed by atoms with van der Waals surface area (Å²) in [4.78, 5) is 0. The van der Waals surface area contributed by atoms with Crippen LogP contribution in [0.4, 0.5) is 30.7 Å². The van der Waals surface area contributed by atoms with Crippen LogP contribution >= 0.6 is 0 Å². The van der Waals surface area contributed by atoms with Crippen molar-refractivity contribution >= 4 is 10.1 Å². The summed E-state index contributed by atoms with van der Waals surface area (Å²) >= 11 is 0. The number of rotatable bonds is 8. The molecule has 154 valence electrons. The van der Waals surface area contributed by atoms with Crippen molar-refractivity contribution in [3.63, 3.8) is 0 Å². The topological polar surface area (TPSA) is 57.2 Å². The second-order valence-corrected chi connectivity index (χ2v) is 6.82. The minimum atomic E-state index is -6.73. The Bertz CT molecular complexity index is 471. The van der Waals surface area contributed by atoms with Crippen molar-refractivity contribution in [3.8, 4) is 0 Å². The third kappa shape index (κ3) is 8.07. The number of quaternary nitrogens is 1. The molecule has 0 fully saturated rings. The molecule has 0 unspecified atom stereocenters. The van der Waals surface area contributed by atoms with Gasteiger partial charge in [0.1, 0.15) is 0 Å². The molecule has 25 heavy (non-hydrogen) atoms. The zero-order valence-corrected chi connectivity index (χ0v) is 15.3. The first-order valence-corrected chi connectivity index (χ1v) is 8.99.